The lowest BCUT2D eigenvalue weighted by atomic mass is 9.55. The number of allylic oxidation sites excluding steroid dienone is 1. The first-order valence-electron chi connectivity index (χ1n) is 29.7. The summed E-state index contributed by atoms with van der Waals surface area (Å²) in [5.41, 5.74) is 3.48. The standard InChI is InChI=1S/C62H95N3O10/c1-5-9-11-13-15-17-19-21-23-27-37-63-61(69)74-49-34-36-54-52(43-49)59-50(31-26-29-39-67)48(30-25-28-38-66)42-51-53(64-73-8-4)44-57(62(75-54,60(51)59)72-40-7-3)65(45-47-33-35-55-56(41-47)71-46-70-55)58(68)32-24-22-20-18-16-14-12-10-6-2/h7,33-36,41-43,48,50,57,59-60,66-67H,3,5-6,8-32,37-40,44-46H2,1-2,4H3,(H,63,69). The van der Waals surface area contributed by atoms with E-state index in [4.69, 9.17) is 33.7 Å². The lowest BCUT2D eigenvalue weighted by Gasteiger charge is -2.60. The maximum atomic E-state index is 15.3. The summed E-state index contributed by atoms with van der Waals surface area (Å²) in [5.74, 6) is 0.234. The van der Waals surface area contributed by atoms with Crippen LogP contribution in [-0.2, 0) is 20.9 Å². The van der Waals surface area contributed by atoms with Crippen molar-refractivity contribution in [3.63, 3.8) is 0 Å². The number of amides is 2. The van der Waals surface area contributed by atoms with Crippen LogP contribution in [0.3, 0.4) is 0 Å². The molecule has 6 rings (SSSR count). The molecule has 418 valence electrons. The number of hydrogen-bond acceptors (Lipinski definition) is 11. The highest BCUT2D eigenvalue weighted by Gasteiger charge is 2.65. The van der Waals surface area contributed by atoms with Gasteiger partial charge in [0, 0.05) is 50.6 Å². The van der Waals surface area contributed by atoms with E-state index in [1.807, 2.05) is 42.2 Å². The summed E-state index contributed by atoms with van der Waals surface area (Å²) in [5, 5.41) is 28.0. The second kappa shape index (κ2) is 32.9. The number of hydrogen-bond donors (Lipinski definition) is 3. The zero-order valence-corrected chi connectivity index (χ0v) is 46.3. The van der Waals surface area contributed by atoms with Gasteiger partial charge in [0.05, 0.1) is 18.2 Å². The third kappa shape index (κ3) is 17.2. The normalized spacial score (nSPS) is 21.7. The summed E-state index contributed by atoms with van der Waals surface area (Å²) in [6.07, 6.45) is 31.2. The lowest BCUT2D eigenvalue weighted by Crippen LogP contribution is -2.70. The van der Waals surface area contributed by atoms with E-state index in [1.165, 1.54) is 83.5 Å². The van der Waals surface area contributed by atoms with E-state index < -0.39 is 23.8 Å². The van der Waals surface area contributed by atoms with E-state index in [0.717, 1.165) is 86.6 Å². The maximum absolute atomic E-state index is 15.3. The van der Waals surface area contributed by atoms with Gasteiger partial charge in [0.25, 0.3) is 0 Å². The molecule has 1 fully saturated rings. The molecule has 0 radical (unpaired) electrons. The quantitative estimate of drug-likeness (QED) is 0.0336. The van der Waals surface area contributed by atoms with Crippen molar-refractivity contribution in [2.45, 2.75) is 218 Å². The molecule has 0 bridgehead atoms. The van der Waals surface area contributed by atoms with Crippen LogP contribution < -0.4 is 24.3 Å². The van der Waals surface area contributed by atoms with Gasteiger partial charge in [-0.1, -0.05) is 159 Å². The number of rotatable bonds is 38. The number of fused-ring (bicyclic) bond motifs is 3. The molecular weight excluding hydrogens is 947 g/mol. The van der Waals surface area contributed by atoms with Crippen LogP contribution in [0.25, 0.3) is 0 Å². The van der Waals surface area contributed by atoms with E-state index in [0.29, 0.717) is 61.8 Å². The molecule has 4 aliphatic rings. The Labute approximate surface area is 450 Å². The minimum absolute atomic E-state index is 0.000998. The van der Waals surface area contributed by atoms with Crippen LogP contribution in [0, 0.1) is 17.8 Å². The van der Waals surface area contributed by atoms with Gasteiger partial charge in [-0.05, 0) is 98.8 Å². The molecule has 13 heteroatoms. The Balaban J connectivity index is 1.37. The van der Waals surface area contributed by atoms with Crippen LogP contribution >= 0.6 is 0 Å². The Bertz CT molecular complexity index is 2090. The second-order valence-corrected chi connectivity index (χ2v) is 21.5. The van der Waals surface area contributed by atoms with Crippen LogP contribution in [0.15, 0.2) is 65.9 Å². The van der Waals surface area contributed by atoms with Gasteiger partial charge >= 0.3 is 6.09 Å². The first kappa shape index (κ1) is 59.7. The molecule has 2 aromatic rings. The summed E-state index contributed by atoms with van der Waals surface area (Å²) in [6.45, 7) is 12.2. The molecule has 2 aliphatic carbocycles. The number of benzene rings is 2. The number of nitrogens with zero attached hydrogens (tertiary/aromatic N) is 2. The molecule has 2 aromatic carbocycles. The van der Waals surface area contributed by atoms with Gasteiger partial charge in [0.2, 0.25) is 18.5 Å². The number of carbonyl (C=O) groups excluding carboxylic acids is 2. The lowest BCUT2D eigenvalue weighted by molar-refractivity contribution is -0.258. The number of aliphatic hydroxyl groups excluding tert-OH is 2. The van der Waals surface area contributed by atoms with E-state index in [1.54, 1.807) is 12.1 Å². The highest BCUT2D eigenvalue weighted by atomic mass is 16.7. The molecule has 0 aromatic heterocycles. The molecule has 0 spiro atoms. The van der Waals surface area contributed by atoms with Gasteiger partial charge < -0.3 is 49.0 Å². The Morgan fingerprint density at radius 1 is 0.773 bits per heavy atom. The summed E-state index contributed by atoms with van der Waals surface area (Å²) in [7, 11) is 0. The fourth-order valence-electron chi connectivity index (χ4n) is 12.1. The molecule has 75 heavy (non-hydrogen) atoms. The molecular formula is C62H95N3O10. The monoisotopic (exact) mass is 1040 g/mol. The molecule has 2 aliphatic heterocycles. The second-order valence-electron chi connectivity index (χ2n) is 21.5. The van der Waals surface area contributed by atoms with Crippen LogP contribution in [0.4, 0.5) is 4.79 Å². The average Bonchev–Trinajstić information content (AvgIpc) is 3.89. The van der Waals surface area contributed by atoms with Gasteiger partial charge in [0.15, 0.2) is 11.5 Å². The fourth-order valence-corrected chi connectivity index (χ4v) is 12.1. The zero-order chi connectivity index (χ0) is 53.1. The largest absolute Gasteiger partial charge is 0.459 e. The van der Waals surface area contributed by atoms with Gasteiger partial charge in [-0.15, -0.1) is 6.58 Å². The minimum Gasteiger partial charge on any atom is -0.459 e. The van der Waals surface area contributed by atoms with Gasteiger partial charge in [-0.3, -0.25) is 4.79 Å². The van der Waals surface area contributed by atoms with Crippen molar-refractivity contribution < 1.29 is 48.3 Å². The fraction of sp³-hybridized carbons (Fsp3) is 0.694. The van der Waals surface area contributed by atoms with Crippen LogP contribution in [-0.4, -0.2) is 84.4 Å². The Hall–Kier alpha value is -4.59. The predicted octanol–water partition coefficient (Wildman–Crippen LogP) is 14.0. The van der Waals surface area contributed by atoms with Crippen molar-refractivity contribution >= 4 is 17.7 Å². The first-order valence-corrected chi connectivity index (χ1v) is 29.7. The predicted molar refractivity (Wildman–Crippen MR) is 297 cm³/mol. The molecule has 6 unspecified atom stereocenters. The Kier molecular flexibility index (Phi) is 26.1. The average molecular weight is 1040 g/mol. The van der Waals surface area contributed by atoms with Crippen molar-refractivity contribution in [1.82, 2.24) is 10.2 Å². The van der Waals surface area contributed by atoms with E-state index in [-0.39, 0.29) is 56.8 Å². The zero-order valence-electron chi connectivity index (χ0n) is 46.3. The minimum atomic E-state index is -1.42. The van der Waals surface area contributed by atoms with Crippen LogP contribution in [0.5, 0.6) is 23.0 Å². The first-order chi connectivity index (χ1) is 36.8. The van der Waals surface area contributed by atoms with E-state index in [2.05, 4.69) is 31.8 Å². The summed E-state index contributed by atoms with van der Waals surface area (Å²) >= 11 is 0. The molecule has 2 amide bonds. The topological polar surface area (TPSA) is 158 Å². The highest BCUT2D eigenvalue weighted by Crippen LogP contribution is 2.62. The summed E-state index contributed by atoms with van der Waals surface area (Å²) in [4.78, 5) is 36.8. The highest BCUT2D eigenvalue weighted by molar-refractivity contribution is 6.03. The van der Waals surface area contributed by atoms with Crippen molar-refractivity contribution in [2.24, 2.45) is 22.9 Å². The smallest absolute Gasteiger partial charge is 0.412 e. The molecule has 6 atom stereocenters. The molecule has 13 nitrogen and oxygen atoms in total. The number of unbranched alkanes of at least 4 members (excludes halogenated alkanes) is 19. The Morgan fingerprint density at radius 2 is 1.41 bits per heavy atom. The van der Waals surface area contributed by atoms with Crippen LogP contribution in [0.1, 0.15) is 211 Å². The van der Waals surface area contributed by atoms with Crippen molar-refractivity contribution in [3.8, 4) is 23.0 Å². The van der Waals surface area contributed by atoms with E-state index >= 15 is 4.79 Å². The molecule has 2 heterocycles. The summed E-state index contributed by atoms with van der Waals surface area (Å²) in [6, 6.07) is 10.8. The molecule has 3 N–H and O–H groups in total. The Morgan fingerprint density at radius 3 is 2.08 bits per heavy atom. The summed E-state index contributed by atoms with van der Waals surface area (Å²) < 4.78 is 32.4. The van der Waals surface area contributed by atoms with E-state index in [9.17, 15) is 15.0 Å². The van der Waals surface area contributed by atoms with Crippen molar-refractivity contribution in [3.05, 3.63) is 71.8 Å². The van der Waals surface area contributed by atoms with Crippen molar-refractivity contribution in [2.75, 3.05) is 39.8 Å². The number of aliphatic hydroxyl groups is 2. The van der Waals surface area contributed by atoms with Gasteiger partial charge in [0.1, 0.15) is 24.1 Å². The number of nitrogens with one attached hydrogen (secondary N) is 1. The number of ether oxygens (including phenoxy) is 5. The van der Waals surface area contributed by atoms with Crippen LogP contribution in [0.2, 0.25) is 0 Å². The van der Waals surface area contributed by atoms with Gasteiger partial charge in [-0.2, -0.15) is 0 Å². The number of oxime groups is 1. The third-order valence-electron chi connectivity index (χ3n) is 15.9. The SMILES string of the molecule is C=CCOC12Oc3ccc(OC(=O)NCCCCCCCCCCCC)cc3C3C(CCCCO)C(CCCCO)C=C(C(=NOCC)CC1N(Cc1ccc4c(c1)OCO4)C(=O)CCCCCCCCCCC)C32. The third-order valence-corrected chi connectivity index (χ3v) is 15.9. The maximum Gasteiger partial charge on any atom is 0.412 e. The number of carbonyl (C=O) groups is 2. The van der Waals surface area contributed by atoms with Crippen molar-refractivity contribution in [1.29, 1.82) is 0 Å². The molecule has 1 saturated carbocycles. The molecule has 0 saturated heterocycles. The van der Waals surface area contributed by atoms with Gasteiger partial charge in [-0.25, -0.2) is 4.79 Å².